The first-order valence-corrected chi connectivity index (χ1v) is 5.91. The Morgan fingerprint density at radius 3 is 2.75 bits per heavy atom. The maximum absolute atomic E-state index is 5.99. The van der Waals surface area contributed by atoms with E-state index in [9.17, 15) is 0 Å². The molecule has 0 unspecified atom stereocenters. The van der Waals surface area contributed by atoms with Crippen molar-refractivity contribution in [3.05, 3.63) is 29.3 Å². The summed E-state index contributed by atoms with van der Waals surface area (Å²) in [5, 5.41) is 0.671. The lowest BCUT2D eigenvalue weighted by atomic mass is 10.3. The molecule has 4 heteroatoms. The van der Waals surface area contributed by atoms with Gasteiger partial charge in [-0.3, -0.25) is 4.90 Å². The molecule has 1 aliphatic heterocycles. The summed E-state index contributed by atoms with van der Waals surface area (Å²) in [6.07, 6.45) is 0. The normalized spacial score (nSPS) is 17.3. The zero-order valence-corrected chi connectivity index (χ0v) is 9.95. The van der Waals surface area contributed by atoms with Gasteiger partial charge in [0.2, 0.25) is 0 Å². The van der Waals surface area contributed by atoms with E-state index in [2.05, 4.69) is 4.90 Å². The van der Waals surface area contributed by atoms with Gasteiger partial charge in [-0.25, -0.2) is 0 Å². The Balaban J connectivity index is 1.73. The fraction of sp³-hybridized carbons (Fsp3) is 0.500. The van der Waals surface area contributed by atoms with E-state index >= 15 is 0 Å². The second kappa shape index (κ2) is 6.09. The number of morpholine rings is 1. The minimum atomic E-state index is 0.670. The van der Waals surface area contributed by atoms with Crippen LogP contribution in [0.2, 0.25) is 5.02 Å². The van der Waals surface area contributed by atoms with E-state index < -0.39 is 0 Å². The monoisotopic (exact) mass is 241 g/mol. The topological polar surface area (TPSA) is 21.7 Å². The van der Waals surface area contributed by atoms with E-state index in [0.29, 0.717) is 11.6 Å². The molecule has 0 saturated carbocycles. The molecule has 0 spiro atoms. The van der Waals surface area contributed by atoms with Crippen LogP contribution in [0.5, 0.6) is 5.75 Å². The fourth-order valence-electron chi connectivity index (χ4n) is 1.67. The van der Waals surface area contributed by atoms with Crippen molar-refractivity contribution in [2.45, 2.75) is 0 Å². The van der Waals surface area contributed by atoms with Crippen molar-refractivity contribution in [3.63, 3.8) is 0 Å². The molecule has 1 fully saturated rings. The highest BCUT2D eigenvalue weighted by Gasteiger charge is 2.09. The molecule has 1 aliphatic rings. The number of hydrogen-bond donors (Lipinski definition) is 0. The standard InChI is InChI=1S/C12H16ClNO2/c13-11-3-1-2-4-12(11)16-10-7-14-5-8-15-9-6-14/h1-4H,5-10H2. The van der Waals surface area contributed by atoms with E-state index in [-0.39, 0.29) is 0 Å². The molecule has 1 aromatic rings. The third-order valence-electron chi connectivity index (χ3n) is 2.61. The summed E-state index contributed by atoms with van der Waals surface area (Å²) in [6, 6.07) is 7.56. The smallest absolute Gasteiger partial charge is 0.137 e. The van der Waals surface area contributed by atoms with E-state index in [4.69, 9.17) is 21.1 Å². The molecular weight excluding hydrogens is 226 g/mol. The van der Waals surface area contributed by atoms with Gasteiger partial charge >= 0.3 is 0 Å². The van der Waals surface area contributed by atoms with Gasteiger partial charge in [-0.1, -0.05) is 23.7 Å². The van der Waals surface area contributed by atoms with Crippen LogP contribution in [-0.4, -0.2) is 44.4 Å². The van der Waals surface area contributed by atoms with Crippen molar-refractivity contribution in [2.75, 3.05) is 39.5 Å². The number of para-hydroxylation sites is 1. The summed E-state index contributed by atoms with van der Waals surface area (Å²) in [4.78, 5) is 2.33. The van der Waals surface area contributed by atoms with Crippen LogP contribution in [0.15, 0.2) is 24.3 Å². The molecule has 2 rings (SSSR count). The van der Waals surface area contributed by atoms with Crippen LogP contribution in [-0.2, 0) is 4.74 Å². The summed E-state index contributed by atoms with van der Waals surface area (Å²) in [6.45, 7) is 5.23. The molecule has 1 aromatic carbocycles. The average molecular weight is 242 g/mol. The SMILES string of the molecule is Clc1ccccc1OCCN1CCOCC1. The van der Waals surface area contributed by atoms with E-state index in [1.807, 2.05) is 24.3 Å². The molecule has 1 saturated heterocycles. The first-order valence-electron chi connectivity index (χ1n) is 5.54. The van der Waals surface area contributed by atoms with Crippen LogP contribution in [0, 0.1) is 0 Å². The largest absolute Gasteiger partial charge is 0.491 e. The molecular formula is C12H16ClNO2. The van der Waals surface area contributed by atoms with Gasteiger partial charge in [-0.2, -0.15) is 0 Å². The van der Waals surface area contributed by atoms with Crippen molar-refractivity contribution in [1.82, 2.24) is 4.90 Å². The predicted molar refractivity (Wildman–Crippen MR) is 64.2 cm³/mol. The summed E-state index contributed by atoms with van der Waals surface area (Å²) in [7, 11) is 0. The Morgan fingerprint density at radius 1 is 1.25 bits per heavy atom. The van der Waals surface area contributed by atoms with Crippen molar-refractivity contribution in [2.24, 2.45) is 0 Å². The van der Waals surface area contributed by atoms with Crippen molar-refractivity contribution in [3.8, 4) is 5.75 Å². The predicted octanol–water partition coefficient (Wildman–Crippen LogP) is 2.05. The molecule has 0 radical (unpaired) electrons. The third-order valence-corrected chi connectivity index (χ3v) is 2.92. The van der Waals surface area contributed by atoms with Crippen LogP contribution in [0.25, 0.3) is 0 Å². The van der Waals surface area contributed by atoms with Gasteiger partial charge in [-0.05, 0) is 12.1 Å². The van der Waals surface area contributed by atoms with E-state index in [0.717, 1.165) is 38.6 Å². The minimum Gasteiger partial charge on any atom is -0.491 e. The molecule has 0 amide bonds. The number of halogens is 1. The van der Waals surface area contributed by atoms with Gasteiger partial charge in [0, 0.05) is 19.6 Å². The summed E-state index contributed by atoms with van der Waals surface area (Å²) in [5.74, 6) is 0.762. The second-order valence-corrected chi connectivity index (χ2v) is 4.14. The molecule has 0 aliphatic carbocycles. The molecule has 1 heterocycles. The Kier molecular flexibility index (Phi) is 4.45. The van der Waals surface area contributed by atoms with Crippen LogP contribution < -0.4 is 4.74 Å². The molecule has 0 bridgehead atoms. The lowest BCUT2D eigenvalue weighted by Crippen LogP contribution is -2.38. The molecule has 0 aromatic heterocycles. The van der Waals surface area contributed by atoms with Crippen molar-refractivity contribution < 1.29 is 9.47 Å². The Morgan fingerprint density at radius 2 is 2.00 bits per heavy atom. The maximum Gasteiger partial charge on any atom is 0.137 e. The van der Waals surface area contributed by atoms with Gasteiger partial charge in [0.25, 0.3) is 0 Å². The minimum absolute atomic E-state index is 0.670. The molecule has 0 N–H and O–H groups in total. The van der Waals surface area contributed by atoms with Crippen LogP contribution in [0.1, 0.15) is 0 Å². The fourth-order valence-corrected chi connectivity index (χ4v) is 1.86. The van der Waals surface area contributed by atoms with Crippen LogP contribution >= 0.6 is 11.6 Å². The summed E-state index contributed by atoms with van der Waals surface area (Å²) in [5.41, 5.74) is 0. The number of ether oxygens (including phenoxy) is 2. The number of benzene rings is 1. The average Bonchev–Trinajstić information content (AvgIpc) is 2.33. The first-order chi connectivity index (χ1) is 7.86. The Labute approximate surface area is 101 Å². The molecule has 16 heavy (non-hydrogen) atoms. The lowest BCUT2D eigenvalue weighted by Gasteiger charge is -2.26. The highest BCUT2D eigenvalue weighted by atomic mass is 35.5. The van der Waals surface area contributed by atoms with Gasteiger partial charge in [0.05, 0.1) is 18.2 Å². The van der Waals surface area contributed by atoms with Gasteiger partial charge in [0.1, 0.15) is 12.4 Å². The summed E-state index contributed by atoms with van der Waals surface area (Å²) >= 11 is 5.99. The quantitative estimate of drug-likeness (QED) is 0.806. The number of rotatable bonds is 4. The van der Waals surface area contributed by atoms with Crippen LogP contribution in [0.3, 0.4) is 0 Å². The zero-order valence-electron chi connectivity index (χ0n) is 9.19. The second-order valence-electron chi connectivity index (χ2n) is 3.73. The summed E-state index contributed by atoms with van der Waals surface area (Å²) < 4.78 is 10.9. The van der Waals surface area contributed by atoms with E-state index in [1.165, 1.54) is 0 Å². The van der Waals surface area contributed by atoms with Gasteiger partial charge in [0.15, 0.2) is 0 Å². The van der Waals surface area contributed by atoms with Gasteiger partial charge in [-0.15, -0.1) is 0 Å². The third kappa shape index (κ3) is 3.37. The molecule has 0 atom stereocenters. The lowest BCUT2D eigenvalue weighted by molar-refractivity contribution is 0.0322. The van der Waals surface area contributed by atoms with Crippen LogP contribution in [0.4, 0.5) is 0 Å². The Bertz CT molecular complexity index is 327. The van der Waals surface area contributed by atoms with Gasteiger partial charge < -0.3 is 9.47 Å². The first kappa shape index (κ1) is 11.7. The highest BCUT2D eigenvalue weighted by molar-refractivity contribution is 6.32. The zero-order chi connectivity index (χ0) is 11.2. The number of hydrogen-bond acceptors (Lipinski definition) is 3. The van der Waals surface area contributed by atoms with Crippen molar-refractivity contribution in [1.29, 1.82) is 0 Å². The highest BCUT2D eigenvalue weighted by Crippen LogP contribution is 2.22. The van der Waals surface area contributed by atoms with Crippen molar-refractivity contribution >= 4 is 11.6 Å². The Hall–Kier alpha value is -0.770. The maximum atomic E-state index is 5.99. The van der Waals surface area contributed by atoms with E-state index in [1.54, 1.807) is 0 Å². The molecule has 3 nitrogen and oxygen atoms in total. The number of nitrogens with zero attached hydrogens (tertiary/aromatic N) is 1. The molecule has 88 valence electrons.